The lowest BCUT2D eigenvalue weighted by atomic mass is 10.5. The van der Waals surface area contributed by atoms with Gasteiger partial charge in [-0.3, -0.25) is 0 Å². The molecular weight excluding hydrogens is 64.0 g/mol. The van der Waals surface area contributed by atoms with Gasteiger partial charge in [0.25, 0.3) is 0 Å². The highest BCUT2D eigenvalue weighted by Gasteiger charge is 1.83. The molecule has 1 heteroatoms. The van der Waals surface area contributed by atoms with Crippen LogP contribution in [0.4, 0.5) is 0 Å². The topological polar surface area (TPSA) is 9.23 Å². The van der Waals surface area contributed by atoms with Crippen LogP contribution >= 0.6 is 0 Å². The molecule has 1 heterocycles. The van der Waals surface area contributed by atoms with Crippen LogP contribution in [0.5, 0.6) is 0 Å². The first-order chi connectivity index (χ1) is 2.89. The van der Waals surface area contributed by atoms with E-state index in [0.29, 0.717) is 0 Å². The van der Waals surface area contributed by atoms with Crippen molar-refractivity contribution in [1.82, 2.24) is 0 Å². The van der Waals surface area contributed by atoms with E-state index < -0.39 is 0 Å². The van der Waals surface area contributed by atoms with E-state index >= 15 is 0 Å². The molecular formula is C4H6O. The smallest absolute Gasteiger partial charge is 0.0908 e. The van der Waals surface area contributed by atoms with Crippen LogP contribution in [0.3, 0.4) is 0 Å². The molecule has 0 aromatic carbocycles. The minimum Gasteiger partial charge on any atom is -0.501 e. The average molecular weight is 71.1 g/mol. The average Bonchev–Trinajstić information content (AvgIpc) is 1.86. The van der Waals surface area contributed by atoms with Gasteiger partial charge in [0.05, 0.1) is 14.2 Å². The predicted octanol–water partition coefficient (Wildman–Crippen LogP) is 0.920. The molecule has 1 aliphatic rings. The van der Waals surface area contributed by atoms with Gasteiger partial charge in [-0.2, -0.15) is 0 Å². The summed E-state index contributed by atoms with van der Waals surface area (Å²) in [6, 6.07) is 0. The van der Waals surface area contributed by atoms with Gasteiger partial charge in [0.1, 0.15) is 0 Å². The van der Waals surface area contributed by atoms with Crippen molar-refractivity contribution in [2.75, 3.05) is 6.58 Å². The molecule has 0 radical (unpaired) electrons. The van der Waals surface area contributed by atoms with Crippen LogP contribution in [-0.2, 0) is 4.74 Å². The van der Waals surface area contributed by atoms with Crippen molar-refractivity contribution >= 4 is 0 Å². The number of hydrogen-bond acceptors (Lipinski definition) is 1. The van der Waals surface area contributed by atoms with E-state index in [0.717, 1.165) is 6.42 Å². The molecule has 1 atom stereocenters. The highest BCUT2D eigenvalue weighted by molar-refractivity contribution is 4.78. The summed E-state index contributed by atoms with van der Waals surface area (Å²) in [4.78, 5) is 0. The zero-order valence-electron chi connectivity index (χ0n) is 3.85. The van der Waals surface area contributed by atoms with Crippen molar-refractivity contribution in [2.45, 2.75) is 6.42 Å². The van der Waals surface area contributed by atoms with Crippen LogP contribution in [0.15, 0.2) is 12.3 Å². The van der Waals surface area contributed by atoms with Gasteiger partial charge in [-0.15, -0.1) is 0 Å². The third kappa shape index (κ3) is 0.407. The minimum absolute atomic E-state index is 0.315. The monoisotopic (exact) mass is 71.0 g/mol. The number of hydrogen-bond donors (Lipinski definition) is 0. The van der Waals surface area contributed by atoms with Crippen molar-refractivity contribution in [2.24, 2.45) is 0 Å². The molecule has 0 aromatic heterocycles. The number of rotatable bonds is 0. The van der Waals surface area contributed by atoms with Gasteiger partial charge < -0.3 is 4.74 Å². The Bertz CT molecular complexity index is 61.9. The van der Waals surface area contributed by atoms with E-state index in [1.54, 1.807) is 6.26 Å². The lowest BCUT2D eigenvalue weighted by molar-refractivity contribution is 0.281. The Morgan fingerprint density at radius 3 is 3.20 bits per heavy atom. The molecule has 28 valence electrons. The van der Waals surface area contributed by atoms with Crippen molar-refractivity contribution in [1.29, 1.82) is 0 Å². The standard InChI is InChI=1S/C4H6O/c1-2-4-5-3-1/h1,3H,2,4H2/i4D. The van der Waals surface area contributed by atoms with Crippen molar-refractivity contribution in [3.05, 3.63) is 12.3 Å². The summed E-state index contributed by atoms with van der Waals surface area (Å²) in [5.41, 5.74) is 0. The van der Waals surface area contributed by atoms with Crippen molar-refractivity contribution in [3.63, 3.8) is 0 Å². The van der Waals surface area contributed by atoms with Crippen LogP contribution in [0, 0.1) is 0 Å². The first-order valence-corrected chi connectivity index (χ1v) is 1.62. The minimum atomic E-state index is -0.315. The Labute approximate surface area is 32.7 Å². The summed E-state index contributed by atoms with van der Waals surface area (Å²) >= 11 is 0. The van der Waals surface area contributed by atoms with E-state index in [4.69, 9.17) is 1.37 Å². The molecule has 1 rings (SSSR count). The molecule has 0 saturated heterocycles. The quantitative estimate of drug-likeness (QED) is 0.412. The summed E-state index contributed by atoms with van der Waals surface area (Å²) in [6.45, 7) is -0.315. The van der Waals surface area contributed by atoms with E-state index in [1.165, 1.54) is 0 Å². The summed E-state index contributed by atoms with van der Waals surface area (Å²) in [7, 11) is 0. The fourth-order valence-corrected chi connectivity index (χ4v) is 0.278. The van der Waals surface area contributed by atoms with Gasteiger partial charge in [-0.1, -0.05) is 0 Å². The molecule has 0 aliphatic carbocycles. The summed E-state index contributed by atoms with van der Waals surface area (Å²) in [6.07, 6.45) is 4.16. The Morgan fingerprint density at radius 1 is 2.00 bits per heavy atom. The number of ether oxygens (including phenoxy) is 1. The summed E-state index contributed by atoms with van der Waals surface area (Å²) in [5.74, 6) is 0. The molecule has 0 bridgehead atoms. The molecule has 0 N–H and O–H groups in total. The second-order valence-corrected chi connectivity index (χ2v) is 0.910. The maximum atomic E-state index is 6.85. The normalized spacial score (nSPS) is 36.8. The van der Waals surface area contributed by atoms with Gasteiger partial charge >= 0.3 is 0 Å². The van der Waals surface area contributed by atoms with Gasteiger partial charge in [0.2, 0.25) is 0 Å². The van der Waals surface area contributed by atoms with Gasteiger partial charge in [-0.25, -0.2) is 0 Å². The molecule has 0 fully saturated rings. The Balaban J connectivity index is 2.32. The molecule has 0 amide bonds. The van der Waals surface area contributed by atoms with Crippen LogP contribution in [0.2, 0.25) is 0 Å². The Kier molecular flexibility index (Phi) is 0.411. The molecule has 5 heavy (non-hydrogen) atoms. The van der Waals surface area contributed by atoms with Crippen LogP contribution in [0.1, 0.15) is 7.79 Å². The van der Waals surface area contributed by atoms with Crippen LogP contribution < -0.4 is 0 Å². The molecule has 0 spiro atoms. The highest BCUT2D eigenvalue weighted by Crippen LogP contribution is 1.93. The van der Waals surface area contributed by atoms with Gasteiger partial charge in [0, 0.05) is 6.42 Å². The van der Waals surface area contributed by atoms with Crippen LogP contribution in [0.25, 0.3) is 0 Å². The Hall–Kier alpha value is -0.460. The highest BCUT2D eigenvalue weighted by atomic mass is 16.5. The van der Waals surface area contributed by atoms with Gasteiger partial charge in [-0.05, 0) is 6.08 Å². The van der Waals surface area contributed by atoms with Crippen molar-refractivity contribution in [3.8, 4) is 0 Å². The second kappa shape index (κ2) is 1.11. The summed E-state index contributed by atoms with van der Waals surface area (Å²) < 4.78 is 11.5. The molecule has 1 nitrogen and oxygen atoms in total. The molecule has 0 saturated carbocycles. The fourth-order valence-electron chi connectivity index (χ4n) is 0.278. The summed E-state index contributed by atoms with van der Waals surface area (Å²) in [5, 5.41) is 0. The molecule has 0 aromatic rings. The van der Waals surface area contributed by atoms with E-state index in [-0.39, 0.29) is 6.58 Å². The van der Waals surface area contributed by atoms with Gasteiger partial charge in [0.15, 0.2) is 0 Å². The third-order valence-electron chi connectivity index (χ3n) is 0.503. The van der Waals surface area contributed by atoms with E-state index in [2.05, 4.69) is 4.74 Å². The first-order valence-electron chi connectivity index (χ1n) is 2.20. The first kappa shape index (κ1) is 1.85. The molecule has 1 aliphatic heterocycles. The second-order valence-electron chi connectivity index (χ2n) is 0.910. The SMILES string of the molecule is [2H]C1CC=CO1. The third-order valence-corrected chi connectivity index (χ3v) is 0.503. The maximum absolute atomic E-state index is 6.85. The zero-order valence-corrected chi connectivity index (χ0v) is 2.85. The maximum Gasteiger partial charge on any atom is 0.0908 e. The van der Waals surface area contributed by atoms with E-state index in [1.807, 2.05) is 6.08 Å². The lowest BCUT2D eigenvalue weighted by Gasteiger charge is -1.79. The predicted molar refractivity (Wildman–Crippen MR) is 19.7 cm³/mol. The lowest BCUT2D eigenvalue weighted by Crippen LogP contribution is -1.70. The van der Waals surface area contributed by atoms with Crippen molar-refractivity contribution < 1.29 is 6.11 Å². The fraction of sp³-hybridized carbons (Fsp3) is 0.500. The van der Waals surface area contributed by atoms with Crippen LogP contribution in [-0.4, -0.2) is 6.58 Å². The van der Waals surface area contributed by atoms with E-state index in [9.17, 15) is 0 Å². The Morgan fingerprint density at radius 2 is 3.00 bits per heavy atom. The largest absolute Gasteiger partial charge is 0.501 e. The molecule has 1 unspecified atom stereocenters. The zero-order chi connectivity index (χ0) is 4.41.